The second-order valence-electron chi connectivity index (χ2n) is 4.59. The molecule has 0 aliphatic carbocycles. The van der Waals surface area contributed by atoms with Crippen molar-refractivity contribution in [2.24, 2.45) is 0 Å². The molecule has 0 aromatic heterocycles. The lowest BCUT2D eigenvalue weighted by atomic mass is 10.2. The van der Waals surface area contributed by atoms with Crippen LogP contribution in [0.2, 0.25) is 0 Å². The van der Waals surface area contributed by atoms with Gasteiger partial charge in [-0.05, 0) is 62.9 Å². The molecule has 0 spiro atoms. The Labute approximate surface area is 136 Å². The van der Waals surface area contributed by atoms with Gasteiger partial charge in [0.2, 0.25) is 0 Å². The summed E-state index contributed by atoms with van der Waals surface area (Å²) < 4.78 is 6.92. The molecule has 2 N–H and O–H groups in total. The summed E-state index contributed by atoms with van der Waals surface area (Å²) in [6.45, 7) is 3.97. The maximum atomic E-state index is 11.7. The number of carbonyl (C=O) groups is 1. The SMILES string of the molecule is CCCC(C)NC(=O)COc1c(Br)cc(CO)cc1Br. The van der Waals surface area contributed by atoms with Crippen molar-refractivity contribution < 1.29 is 14.6 Å². The van der Waals surface area contributed by atoms with Crippen LogP contribution in [0.3, 0.4) is 0 Å². The lowest BCUT2D eigenvalue weighted by Crippen LogP contribution is -2.36. The highest BCUT2D eigenvalue weighted by atomic mass is 79.9. The number of hydrogen-bond donors (Lipinski definition) is 2. The first kappa shape index (κ1) is 17.5. The predicted molar refractivity (Wildman–Crippen MR) is 85.8 cm³/mol. The number of aliphatic hydroxyl groups excluding tert-OH is 1. The Morgan fingerprint density at radius 1 is 1.40 bits per heavy atom. The highest BCUT2D eigenvalue weighted by Crippen LogP contribution is 2.34. The van der Waals surface area contributed by atoms with Gasteiger partial charge in [-0.2, -0.15) is 0 Å². The zero-order chi connectivity index (χ0) is 15.1. The van der Waals surface area contributed by atoms with E-state index >= 15 is 0 Å². The minimum absolute atomic E-state index is 0.0380. The summed E-state index contributed by atoms with van der Waals surface area (Å²) in [5, 5.41) is 12.0. The Hall–Kier alpha value is -0.590. The summed E-state index contributed by atoms with van der Waals surface area (Å²) in [4.78, 5) is 11.7. The van der Waals surface area contributed by atoms with E-state index in [-0.39, 0.29) is 25.2 Å². The molecule has 0 saturated carbocycles. The molecule has 1 aromatic rings. The molecule has 0 aliphatic rings. The molecule has 1 unspecified atom stereocenters. The summed E-state index contributed by atoms with van der Waals surface area (Å²) in [7, 11) is 0. The van der Waals surface area contributed by atoms with E-state index in [0.29, 0.717) is 14.7 Å². The summed E-state index contributed by atoms with van der Waals surface area (Å²) in [5.74, 6) is 0.413. The number of amides is 1. The second kappa shape index (κ2) is 8.64. The number of rotatable bonds is 7. The van der Waals surface area contributed by atoms with Crippen LogP contribution in [0, 0.1) is 0 Å². The van der Waals surface area contributed by atoms with Crippen LogP contribution in [0.1, 0.15) is 32.3 Å². The van der Waals surface area contributed by atoms with Gasteiger partial charge >= 0.3 is 0 Å². The van der Waals surface area contributed by atoms with E-state index in [2.05, 4.69) is 44.1 Å². The first-order valence-electron chi connectivity index (χ1n) is 6.48. The second-order valence-corrected chi connectivity index (χ2v) is 6.30. The van der Waals surface area contributed by atoms with E-state index in [1.54, 1.807) is 12.1 Å². The normalized spacial score (nSPS) is 12.1. The minimum Gasteiger partial charge on any atom is -0.481 e. The van der Waals surface area contributed by atoms with E-state index in [1.807, 2.05) is 6.92 Å². The largest absolute Gasteiger partial charge is 0.481 e. The van der Waals surface area contributed by atoms with E-state index < -0.39 is 0 Å². The molecule has 0 radical (unpaired) electrons. The topological polar surface area (TPSA) is 58.6 Å². The third-order valence-corrected chi connectivity index (χ3v) is 3.90. The third kappa shape index (κ3) is 5.42. The molecular weight excluding hydrogens is 390 g/mol. The molecule has 20 heavy (non-hydrogen) atoms. The Kier molecular flexibility index (Phi) is 7.55. The van der Waals surface area contributed by atoms with Gasteiger partial charge in [-0.1, -0.05) is 13.3 Å². The van der Waals surface area contributed by atoms with Crippen LogP contribution >= 0.6 is 31.9 Å². The van der Waals surface area contributed by atoms with Gasteiger partial charge in [0.1, 0.15) is 5.75 Å². The fourth-order valence-corrected chi connectivity index (χ4v) is 3.31. The first-order valence-corrected chi connectivity index (χ1v) is 8.07. The standard InChI is InChI=1S/C14H19Br2NO3/c1-3-4-9(2)17-13(19)8-20-14-11(15)5-10(7-18)6-12(14)16/h5-6,9,18H,3-4,7-8H2,1-2H3,(H,17,19). The molecule has 0 saturated heterocycles. The summed E-state index contributed by atoms with van der Waals surface area (Å²) in [6, 6.07) is 3.68. The summed E-state index contributed by atoms with van der Waals surface area (Å²) in [6.07, 6.45) is 1.98. The Balaban J connectivity index is 2.59. The van der Waals surface area contributed by atoms with Gasteiger partial charge in [0.25, 0.3) is 5.91 Å². The molecular formula is C14H19Br2NO3. The van der Waals surface area contributed by atoms with Crippen LogP contribution in [0.25, 0.3) is 0 Å². The quantitative estimate of drug-likeness (QED) is 0.726. The van der Waals surface area contributed by atoms with Crippen molar-refractivity contribution in [3.63, 3.8) is 0 Å². The number of aliphatic hydroxyl groups is 1. The van der Waals surface area contributed by atoms with Crippen molar-refractivity contribution in [3.8, 4) is 5.75 Å². The van der Waals surface area contributed by atoms with Crippen LogP contribution in [0.5, 0.6) is 5.75 Å². The third-order valence-electron chi connectivity index (χ3n) is 2.72. The van der Waals surface area contributed by atoms with Crippen molar-refractivity contribution in [3.05, 3.63) is 26.6 Å². The monoisotopic (exact) mass is 407 g/mol. The Morgan fingerprint density at radius 3 is 2.50 bits per heavy atom. The molecule has 4 nitrogen and oxygen atoms in total. The number of ether oxygens (including phenoxy) is 1. The molecule has 0 bridgehead atoms. The van der Waals surface area contributed by atoms with Crippen LogP contribution in [-0.4, -0.2) is 23.7 Å². The average molecular weight is 409 g/mol. The first-order chi connectivity index (χ1) is 9.47. The molecule has 1 aromatic carbocycles. The molecule has 112 valence electrons. The van der Waals surface area contributed by atoms with Crippen molar-refractivity contribution >= 4 is 37.8 Å². The molecule has 1 atom stereocenters. The molecule has 1 rings (SSSR count). The van der Waals surface area contributed by atoms with Crippen molar-refractivity contribution in [1.82, 2.24) is 5.32 Å². The van der Waals surface area contributed by atoms with Gasteiger partial charge < -0.3 is 15.2 Å². The number of benzene rings is 1. The molecule has 0 heterocycles. The highest BCUT2D eigenvalue weighted by Gasteiger charge is 2.12. The molecule has 0 fully saturated rings. The highest BCUT2D eigenvalue weighted by molar-refractivity contribution is 9.11. The number of carbonyl (C=O) groups excluding carboxylic acids is 1. The van der Waals surface area contributed by atoms with Gasteiger partial charge in [0.05, 0.1) is 15.6 Å². The fourth-order valence-electron chi connectivity index (χ4n) is 1.80. The number of nitrogens with one attached hydrogen (secondary N) is 1. The van der Waals surface area contributed by atoms with Crippen LogP contribution in [0.15, 0.2) is 21.1 Å². The smallest absolute Gasteiger partial charge is 0.258 e. The van der Waals surface area contributed by atoms with E-state index in [0.717, 1.165) is 18.4 Å². The lowest BCUT2D eigenvalue weighted by molar-refractivity contribution is -0.123. The minimum atomic E-state index is -0.143. The van der Waals surface area contributed by atoms with Gasteiger partial charge in [0, 0.05) is 6.04 Å². The van der Waals surface area contributed by atoms with Crippen molar-refractivity contribution in [2.45, 2.75) is 39.3 Å². The maximum Gasteiger partial charge on any atom is 0.258 e. The average Bonchev–Trinajstić information content (AvgIpc) is 2.37. The van der Waals surface area contributed by atoms with E-state index in [9.17, 15) is 4.79 Å². The molecule has 1 amide bonds. The lowest BCUT2D eigenvalue weighted by Gasteiger charge is -2.15. The molecule has 0 aliphatic heterocycles. The van der Waals surface area contributed by atoms with Gasteiger partial charge in [-0.25, -0.2) is 0 Å². The zero-order valence-corrected chi connectivity index (χ0v) is 14.8. The number of hydrogen-bond acceptors (Lipinski definition) is 3. The number of halogens is 2. The van der Waals surface area contributed by atoms with Crippen LogP contribution in [-0.2, 0) is 11.4 Å². The molecule has 6 heteroatoms. The van der Waals surface area contributed by atoms with Crippen LogP contribution < -0.4 is 10.1 Å². The maximum absolute atomic E-state index is 11.7. The fraction of sp³-hybridized carbons (Fsp3) is 0.500. The Morgan fingerprint density at radius 2 is 2.00 bits per heavy atom. The predicted octanol–water partition coefficient (Wildman–Crippen LogP) is 3.39. The van der Waals surface area contributed by atoms with Gasteiger partial charge in [-0.15, -0.1) is 0 Å². The summed E-state index contributed by atoms with van der Waals surface area (Å²) >= 11 is 6.73. The van der Waals surface area contributed by atoms with Gasteiger partial charge in [-0.3, -0.25) is 4.79 Å². The van der Waals surface area contributed by atoms with E-state index in [4.69, 9.17) is 9.84 Å². The van der Waals surface area contributed by atoms with Crippen molar-refractivity contribution in [2.75, 3.05) is 6.61 Å². The van der Waals surface area contributed by atoms with Crippen molar-refractivity contribution in [1.29, 1.82) is 0 Å². The summed E-state index contributed by atoms with van der Waals surface area (Å²) in [5.41, 5.74) is 0.761. The zero-order valence-electron chi connectivity index (χ0n) is 11.6. The van der Waals surface area contributed by atoms with E-state index in [1.165, 1.54) is 0 Å². The van der Waals surface area contributed by atoms with Gasteiger partial charge in [0.15, 0.2) is 6.61 Å². The van der Waals surface area contributed by atoms with Crippen LogP contribution in [0.4, 0.5) is 0 Å². The Bertz CT molecular complexity index is 443.